The van der Waals surface area contributed by atoms with Crippen LogP contribution in [-0.2, 0) is 11.2 Å². The number of likely N-dealkylation sites (tertiary alicyclic amines) is 1. The summed E-state index contributed by atoms with van der Waals surface area (Å²) in [6, 6.07) is 7.99. The first-order valence-corrected chi connectivity index (χ1v) is 6.75. The molecule has 1 unspecified atom stereocenters. The normalized spacial score (nSPS) is 19.8. The second-order valence-corrected chi connectivity index (χ2v) is 5.17. The fraction of sp³-hybridized carbons (Fsp3) is 0.400. The van der Waals surface area contributed by atoms with Crippen molar-refractivity contribution < 1.29 is 9.90 Å². The number of H-pyrrole nitrogens is 1. The topological polar surface area (TPSA) is 56.3 Å². The number of rotatable bonds is 2. The van der Waals surface area contributed by atoms with Crippen LogP contribution < -0.4 is 0 Å². The van der Waals surface area contributed by atoms with Crippen molar-refractivity contribution in [2.45, 2.75) is 25.4 Å². The Balaban J connectivity index is 1.75. The van der Waals surface area contributed by atoms with Crippen LogP contribution in [-0.4, -0.2) is 40.1 Å². The molecule has 1 fully saturated rings. The van der Waals surface area contributed by atoms with E-state index in [1.54, 1.807) is 4.90 Å². The van der Waals surface area contributed by atoms with E-state index in [4.69, 9.17) is 0 Å². The molecule has 4 heteroatoms. The number of piperidine rings is 1. The second kappa shape index (κ2) is 5.05. The maximum atomic E-state index is 12.3. The highest BCUT2D eigenvalue weighted by molar-refractivity contribution is 5.88. The summed E-state index contributed by atoms with van der Waals surface area (Å²) in [6.07, 6.45) is 3.64. The summed E-state index contributed by atoms with van der Waals surface area (Å²) in [5, 5.41) is 10.7. The minimum Gasteiger partial charge on any atom is -0.391 e. The van der Waals surface area contributed by atoms with E-state index in [1.807, 2.05) is 30.5 Å². The first kappa shape index (κ1) is 12.2. The van der Waals surface area contributed by atoms with Gasteiger partial charge in [0.15, 0.2) is 0 Å². The van der Waals surface area contributed by atoms with Gasteiger partial charge in [-0.05, 0) is 24.5 Å². The Kier molecular flexibility index (Phi) is 3.25. The van der Waals surface area contributed by atoms with E-state index < -0.39 is 0 Å². The number of carbonyl (C=O) groups excluding carboxylic acids is 1. The molecule has 0 radical (unpaired) electrons. The molecule has 19 heavy (non-hydrogen) atoms. The van der Waals surface area contributed by atoms with E-state index in [2.05, 4.69) is 4.98 Å². The van der Waals surface area contributed by atoms with Crippen LogP contribution in [0.3, 0.4) is 0 Å². The lowest BCUT2D eigenvalue weighted by Crippen LogP contribution is -2.42. The quantitative estimate of drug-likeness (QED) is 0.861. The fourth-order valence-corrected chi connectivity index (χ4v) is 2.73. The largest absolute Gasteiger partial charge is 0.391 e. The minimum absolute atomic E-state index is 0.100. The van der Waals surface area contributed by atoms with Gasteiger partial charge < -0.3 is 15.0 Å². The number of aromatic amines is 1. The third-order valence-electron chi connectivity index (χ3n) is 3.77. The molecule has 0 spiro atoms. The monoisotopic (exact) mass is 258 g/mol. The molecule has 0 saturated carbocycles. The first-order chi connectivity index (χ1) is 9.24. The van der Waals surface area contributed by atoms with Crippen molar-refractivity contribution in [1.29, 1.82) is 0 Å². The molecule has 1 aromatic heterocycles. The van der Waals surface area contributed by atoms with Crippen molar-refractivity contribution in [3.8, 4) is 0 Å². The lowest BCUT2D eigenvalue weighted by Gasteiger charge is -2.30. The molecule has 3 rings (SSSR count). The Morgan fingerprint density at radius 3 is 3.11 bits per heavy atom. The van der Waals surface area contributed by atoms with Gasteiger partial charge >= 0.3 is 0 Å². The zero-order valence-corrected chi connectivity index (χ0v) is 10.8. The van der Waals surface area contributed by atoms with Crippen molar-refractivity contribution in [3.63, 3.8) is 0 Å². The van der Waals surface area contributed by atoms with Crippen LogP contribution in [0.5, 0.6) is 0 Å². The summed E-state index contributed by atoms with van der Waals surface area (Å²) >= 11 is 0. The van der Waals surface area contributed by atoms with Crippen molar-refractivity contribution >= 4 is 16.8 Å². The molecular weight excluding hydrogens is 240 g/mol. The summed E-state index contributed by atoms with van der Waals surface area (Å²) in [6.45, 7) is 1.24. The maximum Gasteiger partial charge on any atom is 0.227 e. The number of β-amino-alcohol motifs (C(OH)–C–C–N with tert-alkyl or cyclic N) is 1. The Morgan fingerprint density at radius 1 is 1.42 bits per heavy atom. The summed E-state index contributed by atoms with van der Waals surface area (Å²) < 4.78 is 0. The third-order valence-corrected chi connectivity index (χ3v) is 3.77. The second-order valence-electron chi connectivity index (χ2n) is 5.17. The standard InChI is InChI=1S/C15H18N2O2/c18-12-4-3-7-17(10-12)15(19)8-11-9-16-14-6-2-1-5-13(11)14/h1-2,5-6,9,12,16,18H,3-4,7-8,10H2. The predicted octanol–water partition coefficient (Wildman–Crippen LogP) is 1.69. The Hall–Kier alpha value is -1.81. The number of amides is 1. The number of nitrogens with one attached hydrogen (secondary N) is 1. The zero-order chi connectivity index (χ0) is 13.2. The highest BCUT2D eigenvalue weighted by atomic mass is 16.3. The number of aliphatic hydroxyl groups excluding tert-OH is 1. The molecule has 1 aromatic carbocycles. The number of para-hydroxylation sites is 1. The first-order valence-electron chi connectivity index (χ1n) is 6.75. The lowest BCUT2D eigenvalue weighted by atomic mass is 10.1. The molecular formula is C15H18N2O2. The SMILES string of the molecule is O=C(Cc1c[nH]c2ccccc12)N1CCCC(O)C1. The van der Waals surface area contributed by atoms with Gasteiger partial charge in [0, 0.05) is 30.2 Å². The van der Waals surface area contributed by atoms with Crippen molar-refractivity contribution in [2.24, 2.45) is 0 Å². The number of fused-ring (bicyclic) bond motifs is 1. The number of aromatic nitrogens is 1. The highest BCUT2D eigenvalue weighted by Gasteiger charge is 2.22. The van der Waals surface area contributed by atoms with Gasteiger partial charge in [0.1, 0.15) is 0 Å². The van der Waals surface area contributed by atoms with Gasteiger partial charge in [-0.3, -0.25) is 4.79 Å². The van der Waals surface area contributed by atoms with Crippen molar-refractivity contribution in [1.82, 2.24) is 9.88 Å². The van der Waals surface area contributed by atoms with Gasteiger partial charge in [0.2, 0.25) is 5.91 Å². The van der Waals surface area contributed by atoms with Crippen LogP contribution in [0.2, 0.25) is 0 Å². The van der Waals surface area contributed by atoms with E-state index in [-0.39, 0.29) is 12.0 Å². The van der Waals surface area contributed by atoms with Crippen LogP contribution in [0.15, 0.2) is 30.5 Å². The van der Waals surface area contributed by atoms with Crippen LogP contribution in [0, 0.1) is 0 Å². The van der Waals surface area contributed by atoms with Crippen LogP contribution in [0.25, 0.3) is 10.9 Å². The number of carbonyl (C=O) groups is 1. The van der Waals surface area contributed by atoms with Gasteiger partial charge in [0.05, 0.1) is 12.5 Å². The van der Waals surface area contributed by atoms with Gasteiger partial charge in [0.25, 0.3) is 0 Å². The summed E-state index contributed by atoms with van der Waals surface area (Å²) in [7, 11) is 0. The zero-order valence-electron chi connectivity index (χ0n) is 10.8. The molecule has 0 bridgehead atoms. The molecule has 0 aliphatic carbocycles. The molecule has 1 atom stereocenters. The van der Waals surface area contributed by atoms with Crippen LogP contribution >= 0.6 is 0 Å². The summed E-state index contributed by atoms with van der Waals surface area (Å²) in [4.78, 5) is 17.2. The van der Waals surface area contributed by atoms with Crippen LogP contribution in [0.4, 0.5) is 0 Å². The van der Waals surface area contributed by atoms with Gasteiger partial charge in [-0.2, -0.15) is 0 Å². The van der Waals surface area contributed by atoms with Gasteiger partial charge in [-0.1, -0.05) is 18.2 Å². The third kappa shape index (κ3) is 2.49. The maximum absolute atomic E-state index is 12.3. The molecule has 2 aromatic rings. The van der Waals surface area contributed by atoms with E-state index >= 15 is 0 Å². The van der Waals surface area contributed by atoms with Crippen molar-refractivity contribution in [3.05, 3.63) is 36.0 Å². The molecule has 4 nitrogen and oxygen atoms in total. The van der Waals surface area contributed by atoms with Crippen LogP contribution in [0.1, 0.15) is 18.4 Å². The van der Waals surface area contributed by atoms with Crippen molar-refractivity contribution in [2.75, 3.05) is 13.1 Å². The molecule has 1 aliphatic heterocycles. The molecule has 1 saturated heterocycles. The smallest absolute Gasteiger partial charge is 0.227 e. The van der Waals surface area contributed by atoms with E-state index in [0.717, 1.165) is 35.9 Å². The van der Waals surface area contributed by atoms with E-state index in [1.165, 1.54) is 0 Å². The number of benzene rings is 1. The van der Waals surface area contributed by atoms with E-state index in [0.29, 0.717) is 13.0 Å². The lowest BCUT2D eigenvalue weighted by molar-refractivity contribution is -0.133. The molecule has 100 valence electrons. The van der Waals surface area contributed by atoms with Gasteiger partial charge in [-0.15, -0.1) is 0 Å². The Labute approximate surface area is 112 Å². The minimum atomic E-state index is -0.360. The average Bonchev–Trinajstić information content (AvgIpc) is 2.82. The molecule has 1 aliphatic rings. The number of aliphatic hydroxyl groups is 1. The Bertz CT molecular complexity index is 591. The molecule has 2 N–H and O–H groups in total. The highest BCUT2D eigenvalue weighted by Crippen LogP contribution is 2.19. The summed E-state index contributed by atoms with van der Waals surface area (Å²) in [5.74, 6) is 0.100. The molecule has 2 heterocycles. The number of hydrogen-bond acceptors (Lipinski definition) is 2. The fourth-order valence-electron chi connectivity index (χ4n) is 2.73. The number of nitrogens with zero attached hydrogens (tertiary/aromatic N) is 1. The molecule has 1 amide bonds. The van der Waals surface area contributed by atoms with E-state index in [9.17, 15) is 9.90 Å². The average molecular weight is 258 g/mol. The Morgan fingerprint density at radius 2 is 2.26 bits per heavy atom. The number of hydrogen-bond donors (Lipinski definition) is 2. The summed E-state index contributed by atoms with van der Waals surface area (Å²) in [5.41, 5.74) is 2.09. The van der Waals surface area contributed by atoms with Gasteiger partial charge in [-0.25, -0.2) is 0 Å². The predicted molar refractivity (Wildman–Crippen MR) is 73.8 cm³/mol.